The van der Waals surface area contributed by atoms with Crippen LogP contribution in [-0.4, -0.2) is 5.54 Å². The van der Waals surface area contributed by atoms with E-state index in [1.807, 2.05) is 0 Å². The Morgan fingerprint density at radius 1 is 1.00 bits per heavy atom. The molecule has 15 heavy (non-hydrogen) atoms. The molecular formula is C14H25N. The van der Waals surface area contributed by atoms with Gasteiger partial charge in [-0.15, -0.1) is 0 Å². The molecule has 1 nitrogen and oxygen atoms in total. The van der Waals surface area contributed by atoms with Gasteiger partial charge in [0.15, 0.2) is 0 Å². The van der Waals surface area contributed by atoms with E-state index in [4.69, 9.17) is 5.73 Å². The first-order chi connectivity index (χ1) is 6.94. The van der Waals surface area contributed by atoms with Crippen molar-refractivity contribution in [1.29, 1.82) is 0 Å². The highest BCUT2D eigenvalue weighted by atomic mass is 14.7. The van der Waals surface area contributed by atoms with Crippen LogP contribution in [0, 0.1) is 23.2 Å². The Bertz CT molecular complexity index is 226. The van der Waals surface area contributed by atoms with Crippen LogP contribution in [0.15, 0.2) is 0 Å². The predicted molar refractivity (Wildman–Crippen MR) is 63.5 cm³/mol. The maximum atomic E-state index is 6.26. The lowest BCUT2D eigenvalue weighted by Crippen LogP contribution is -2.50. The smallest absolute Gasteiger partial charge is 0.0102 e. The summed E-state index contributed by atoms with van der Waals surface area (Å²) in [5, 5.41) is 0. The molecule has 0 atom stereocenters. The van der Waals surface area contributed by atoms with E-state index in [1.165, 1.54) is 25.7 Å². The minimum Gasteiger partial charge on any atom is -0.326 e. The summed E-state index contributed by atoms with van der Waals surface area (Å²) in [6, 6.07) is 0. The molecule has 0 saturated heterocycles. The summed E-state index contributed by atoms with van der Waals surface area (Å²) < 4.78 is 0. The van der Waals surface area contributed by atoms with Gasteiger partial charge in [-0.1, -0.05) is 0 Å². The summed E-state index contributed by atoms with van der Waals surface area (Å²) in [6.07, 6.45) is 10.4. The van der Waals surface area contributed by atoms with Crippen LogP contribution in [0.1, 0.15) is 58.8 Å². The third kappa shape index (κ3) is 1.84. The maximum Gasteiger partial charge on any atom is 0.0102 e. The topological polar surface area (TPSA) is 26.0 Å². The Morgan fingerprint density at radius 3 is 1.73 bits per heavy atom. The van der Waals surface area contributed by atoms with Crippen LogP contribution >= 0.6 is 0 Å². The standard InChI is InChI=1S/C14H25N/c1-13(2,15)9-14-6-10-3-11(7-14)5-12(4-10)8-14/h10-12H,3-9,15H2,1-2H3. The van der Waals surface area contributed by atoms with Crippen LogP contribution in [0.2, 0.25) is 0 Å². The summed E-state index contributed by atoms with van der Waals surface area (Å²) in [4.78, 5) is 0. The third-order valence-corrected chi connectivity index (χ3v) is 5.00. The quantitative estimate of drug-likeness (QED) is 0.738. The molecule has 0 aromatic carbocycles. The zero-order valence-corrected chi connectivity index (χ0v) is 10.3. The maximum absolute atomic E-state index is 6.26. The monoisotopic (exact) mass is 207 g/mol. The van der Waals surface area contributed by atoms with E-state index >= 15 is 0 Å². The minimum absolute atomic E-state index is 0.0473. The molecule has 1 heteroatoms. The summed E-state index contributed by atoms with van der Waals surface area (Å²) in [5.41, 5.74) is 6.96. The first-order valence-corrected chi connectivity index (χ1v) is 6.73. The number of rotatable bonds is 2. The second-order valence-corrected chi connectivity index (χ2v) is 7.58. The van der Waals surface area contributed by atoms with Crippen LogP contribution in [-0.2, 0) is 0 Å². The Morgan fingerprint density at radius 2 is 1.40 bits per heavy atom. The van der Waals surface area contributed by atoms with Crippen molar-refractivity contribution in [3.05, 3.63) is 0 Å². The van der Waals surface area contributed by atoms with Crippen LogP contribution in [0.3, 0.4) is 0 Å². The van der Waals surface area contributed by atoms with Gasteiger partial charge in [0.05, 0.1) is 0 Å². The molecule has 0 aromatic heterocycles. The summed E-state index contributed by atoms with van der Waals surface area (Å²) in [5.74, 6) is 3.20. The fraction of sp³-hybridized carbons (Fsp3) is 1.00. The molecule has 0 radical (unpaired) electrons. The molecule has 4 aliphatic carbocycles. The van der Waals surface area contributed by atoms with Crippen LogP contribution in [0.25, 0.3) is 0 Å². The van der Waals surface area contributed by atoms with Gasteiger partial charge in [0, 0.05) is 5.54 Å². The van der Waals surface area contributed by atoms with Crippen LogP contribution in [0.5, 0.6) is 0 Å². The summed E-state index contributed by atoms with van der Waals surface area (Å²) >= 11 is 0. The van der Waals surface area contributed by atoms with Gasteiger partial charge in [-0.05, 0) is 82.0 Å². The Kier molecular flexibility index (Phi) is 2.03. The molecular weight excluding hydrogens is 182 g/mol. The Balaban J connectivity index is 1.81. The molecule has 0 aromatic rings. The van der Waals surface area contributed by atoms with Gasteiger partial charge in [-0.2, -0.15) is 0 Å². The average molecular weight is 207 g/mol. The lowest BCUT2D eigenvalue weighted by molar-refractivity contribution is -0.0655. The molecule has 0 unspecified atom stereocenters. The molecule has 4 bridgehead atoms. The van der Waals surface area contributed by atoms with Gasteiger partial charge >= 0.3 is 0 Å². The SMILES string of the molecule is CC(C)(N)CC12CC3CC(CC(C3)C1)C2. The minimum atomic E-state index is 0.0473. The number of hydrogen-bond acceptors (Lipinski definition) is 1. The van der Waals surface area contributed by atoms with E-state index in [-0.39, 0.29) is 5.54 Å². The van der Waals surface area contributed by atoms with Crippen molar-refractivity contribution in [1.82, 2.24) is 0 Å². The molecule has 0 spiro atoms. The van der Waals surface area contributed by atoms with Gasteiger partial charge in [0.25, 0.3) is 0 Å². The fourth-order valence-electron chi connectivity index (χ4n) is 5.47. The molecule has 4 aliphatic rings. The zero-order valence-electron chi connectivity index (χ0n) is 10.3. The van der Waals surface area contributed by atoms with E-state index in [2.05, 4.69) is 13.8 Å². The number of nitrogens with two attached hydrogens (primary N) is 1. The van der Waals surface area contributed by atoms with Crippen molar-refractivity contribution < 1.29 is 0 Å². The van der Waals surface area contributed by atoms with E-state index in [0.717, 1.165) is 17.8 Å². The van der Waals surface area contributed by atoms with Crippen LogP contribution in [0.4, 0.5) is 0 Å². The molecule has 4 fully saturated rings. The van der Waals surface area contributed by atoms with Crippen molar-refractivity contribution in [3.8, 4) is 0 Å². The average Bonchev–Trinajstić information content (AvgIpc) is 1.94. The first-order valence-electron chi connectivity index (χ1n) is 6.73. The van der Waals surface area contributed by atoms with Crippen LogP contribution < -0.4 is 5.73 Å². The van der Waals surface area contributed by atoms with E-state index in [1.54, 1.807) is 19.3 Å². The van der Waals surface area contributed by atoms with E-state index < -0.39 is 0 Å². The first kappa shape index (κ1) is 10.1. The van der Waals surface area contributed by atoms with E-state index in [0.29, 0.717) is 5.41 Å². The van der Waals surface area contributed by atoms with Gasteiger partial charge in [-0.3, -0.25) is 0 Å². The predicted octanol–water partition coefficient (Wildman–Crippen LogP) is 3.33. The molecule has 2 N–H and O–H groups in total. The number of hydrogen-bond donors (Lipinski definition) is 1. The van der Waals surface area contributed by atoms with Crippen molar-refractivity contribution in [3.63, 3.8) is 0 Å². The van der Waals surface area contributed by atoms with Crippen molar-refractivity contribution in [2.45, 2.75) is 64.3 Å². The fourth-order valence-corrected chi connectivity index (χ4v) is 5.47. The highest BCUT2D eigenvalue weighted by Crippen LogP contribution is 2.62. The van der Waals surface area contributed by atoms with Gasteiger partial charge < -0.3 is 5.73 Å². The van der Waals surface area contributed by atoms with Crippen molar-refractivity contribution >= 4 is 0 Å². The second kappa shape index (κ2) is 3.00. The van der Waals surface area contributed by atoms with Crippen molar-refractivity contribution in [2.75, 3.05) is 0 Å². The zero-order chi connectivity index (χ0) is 10.7. The molecule has 4 saturated carbocycles. The Labute approximate surface area is 93.8 Å². The van der Waals surface area contributed by atoms with Gasteiger partial charge in [-0.25, -0.2) is 0 Å². The van der Waals surface area contributed by atoms with Gasteiger partial charge in [0.1, 0.15) is 0 Å². The molecule has 0 amide bonds. The molecule has 86 valence electrons. The molecule has 4 rings (SSSR count). The summed E-state index contributed by atoms with van der Waals surface area (Å²) in [7, 11) is 0. The Hall–Kier alpha value is -0.0400. The van der Waals surface area contributed by atoms with Crippen molar-refractivity contribution in [2.24, 2.45) is 28.9 Å². The molecule has 0 aliphatic heterocycles. The summed E-state index contributed by atoms with van der Waals surface area (Å²) in [6.45, 7) is 4.43. The largest absolute Gasteiger partial charge is 0.326 e. The lowest BCUT2D eigenvalue weighted by atomic mass is 9.48. The second-order valence-electron chi connectivity index (χ2n) is 7.58. The molecule has 0 heterocycles. The normalized spacial score (nSPS) is 48.6. The third-order valence-electron chi connectivity index (χ3n) is 5.00. The highest BCUT2D eigenvalue weighted by molar-refractivity contribution is 5.03. The van der Waals surface area contributed by atoms with E-state index in [9.17, 15) is 0 Å². The highest BCUT2D eigenvalue weighted by Gasteiger charge is 2.51. The lowest BCUT2D eigenvalue weighted by Gasteiger charge is -2.58. The van der Waals surface area contributed by atoms with Gasteiger partial charge in [0.2, 0.25) is 0 Å².